The van der Waals surface area contributed by atoms with Gasteiger partial charge in [0.2, 0.25) is 21.8 Å². The maximum absolute atomic E-state index is 12.4. The average molecular weight is 367 g/mol. The van der Waals surface area contributed by atoms with Crippen molar-refractivity contribution in [2.75, 3.05) is 25.0 Å². The number of benzene rings is 1. The molecule has 0 spiro atoms. The Morgan fingerprint density at radius 1 is 1.28 bits per heavy atom. The fraction of sp³-hybridized carbons (Fsp3) is 0.529. The summed E-state index contributed by atoms with van der Waals surface area (Å²) in [6.07, 6.45) is 3.20. The van der Waals surface area contributed by atoms with Crippen LogP contribution in [0, 0.1) is 0 Å². The highest BCUT2D eigenvalue weighted by atomic mass is 32.2. The molecule has 1 aliphatic heterocycles. The zero-order chi connectivity index (χ0) is 18.4. The van der Waals surface area contributed by atoms with Gasteiger partial charge in [-0.05, 0) is 30.2 Å². The molecule has 1 aromatic rings. The molecule has 1 aromatic carbocycles. The van der Waals surface area contributed by atoms with Crippen molar-refractivity contribution in [3.8, 4) is 0 Å². The zero-order valence-corrected chi connectivity index (χ0v) is 15.5. The maximum atomic E-state index is 12.4. The summed E-state index contributed by atoms with van der Waals surface area (Å²) in [4.78, 5) is 24.8. The number of nitrogens with zero attached hydrogens (tertiary/aromatic N) is 1. The number of fused-ring (bicyclic) bond motifs is 1. The molecular formula is C17H25N3O4S. The molecule has 25 heavy (non-hydrogen) atoms. The fourth-order valence-corrected chi connectivity index (χ4v) is 3.82. The minimum atomic E-state index is -3.67. The number of hydrogen-bond donors (Lipinski definition) is 2. The van der Waals surface area contributed by atoms with Gasteiger partial charge in [0, 0.05) is 32.2 Å². The quantitative estimate of drug-likeness (QED) is 0.647. The Morgan fingerprint density at radius 2 is 2.04 bits per heavy atom. The van der Waals surface area contributed by atoms with Crippen LogP contribution >= 0.6 is 0 Å². The van der Waals surface area contributed by atoms with Crippen LogP contribution in [-0.4, -0.2) is 44.8 Å². The minimum Gasteiger partial charge on any atom is -0.342 e. The summed E-state index contributed by atoms with van der Waals surface area (Å²) in [7, 11) is -3.67. The van der Waals surface area contributed by atoms with Crippen LogP contribution in [0.25, 0.3) is 0 Å². The topological polar surface area (TPSA) is 95.6 Å². The minimum absolute atomic E-state index is 0.0579. The van der Waals surface area contributed by atoms with Gasteiger partial charge in [-0.1, -0.05) is 19.8 Å². The van der Waals surface area contributed by atoms with Crippen molar-refractivity contribution in [3.05, 3.63) is 23.8 Å². The highest BCUT2D eigenvalue weighted by Gasteiger charge is 2.21. The highest BCUT2D eigenvalue weighted by Crippen LogP contribution is 2.25. The predicted octanol–water partition coefficient (Wildman–Crippen LogP) is 1.50. The Balaban J connectivity index is 1.94. The molecule has 0 saturated carbocycles. The second kappa shape index (κ2) is 8.44. The lowest BCUT2D eigenvalue weighted by Gasteiger charge is -2.21. The van der Waals surface area contributed by atoms with Crippen LogP contribution in [0.1, 0.15) is 38.7 Å². The van der Waals surface area contributed by atoms with Crippen molar-refractivity contribution < 1.29 is 18.0 Å². The van der Waals surface area contributed by atoms with E-state index in [0.29, 0.717) is 24.3 Å². The first-order chi connectivity index (χ1) is 11.8. The number of nitrogens with one attached hydrogen (secondary N) is 2. The van der Waals surface area contributed by atoms with Gasteiger partial charge >= 0.3 is 0 Å². The predicted molar refractivity (Wildman–Crippen MR) is 95.7 cm³/mol. The second-order valence-electron chi connectivity index (χ2n) is 6.15. The van der Waals surface area contributed by atoms with E-state index in [9.17, 15) is 18.0 Å². The van der Waals surface area contributed by atoms with Crippen LogP contribution in [0.5, 0.6) is 0 Å². The van der Waals surface area contributed by atoms with E-state index in [4.69, 9.17) is 0 Å². The third-order valence-corrected chi connectivity index (χ3v) is 5.62. The Kier molecular flexibility index (Phi) is 6.55. The van der Waals surface area contributed by atoms with E-state index in [1.165, 1.54) is 19.1 Å². The zero-order valence-electron chi connectivity index (χ0n) is 14.7. The molecule has 0 fully saturated rings. The Hall–Kier alpha value is -1.93. The monoisotopic (exact) mass is 367 g/mol. The van der Waals surface area contributed by atoms with E-state index in [-0.39, 0.29) is 29.7 Å². The number of anilines is 1. The normalized spacial score (nSPS) is 13.4. The van der Waals surface area contributed by atoms with Gasteiger partial charge in [-0.25, -0.2) is 13.1 Å². The van der Waals surface area contributed by atoms with Crippen molar-refractivity contribution in [1.29, 1.82) is 0 Å². The number of carbonyl (C=O) groups is 2. The van der Waals surface area contributed by atoms with Crippen LogP contribution in [0.15, 0.2) is 23.1 Å². The number of sulfonamides is 1. The van der Waals surface area contributed by atoms with E-state index >= 15 is 0 Å². The van der Waals surface area contributed by atoms with Crippen molar-refractivity contribution in [2.24, 2.45) is 0 Å². The Labute approximate surface area is 148 Å². The van der Waals surface area contributed by atoms with Gasteiger partial charge in [-0.3, -0.25) is 9.59 Å². The summed E-state index contributed by atoms with van der Waals surface area (Å²) in [5, 5.41) is 2.67. The van der Waals surface area contributed by atoms with Crippen molar-refractivity contribution in [3.63, 3.8) is 0 Å². The molecule has 2 rings (SSSR count). The first-order valence-corrected chi connectivity index (χ1v) is 9.99. The molecule has 0 bridgehead atoms. The summed E-state index contributed by atoms with van der Waals surface area (Å²) in [5.41, 5.74) is 1.33. The lowest BCUT2D eigenvalue weighted by molar-refractivity contribution is -0.128. The number of hydrogen-bond acceptors (Lipinski definition) is 4. The molecule has 0 radical (unpaired) electrons. The van der Waals surface area contributed by atoms with Crippen molar-refractivity contribution >= 4 is 27.5 Å². The summed E-state index contributed by atoms with van der Waals surface area (Å²) in [6, 6.07) is 4.58. The highest BCUT2D eigenvalue weighted by molar-refractivity contribution is 7.89. The molecule has 0 aliphatic carbocycles. The lowest BCUT2D eigenvalue weighted by atomic mass is 10.2. The molecule has 0 aromatic heterocycles. The largest absolute Gasteiger partial charge is 0.342 e. The summed E-state index contributed by atoms with van der Waals surface area (Å²) >= 11 is 0. The van der Waals surface area contributed by atoms with Gasteiger partial charge in [-0.2, -0.15) is 0 Å². The van der Waals surface area contributed by atoms with E-state index in [0.717, 1.165) is 19.3 Å². The van der Waals surface area contributed by atoms with Gasteiger partial charge < -0.3 is 10.2 Å². The molecule has 1 aliphatic rings. The van der Waals surface area contributed by atoms with E-state index in [2.05, 4.69) is 17.0 Å². The van der Waals surface area contributed by atoms with Crippen LogP contribution in [0.3, 0.4) is 0 Å². The smallest absolute Gasteiger partial charge is 0.240 e. The summed E-state index contributed by atoms with van der Waals surface area (Å²) in [6.45, 7) is 4.71. The van der Waals surface area contributed by atoms with Gasteiger partial charge in [0.25, 0.3) is 0 Å². The van der Waals surface area contributed by atoms with Crippen molar-refractivity contribution in [2.45, 2.75) is 44.4 Å². The molecule has 2 amide bonds. The van der Waals surface area contributed by atoms with Gasteiger partial charge in [-0.15, -0.1) is 0 Å². The first-order valence-electron chi connectivity index (χ1n) is 8.51. The van der Waals surface area contributed by atoms with Crippen LogP contribution in [0.4, 0.5) is 5.69 Å². The molecule has 1 heterocycles. The van der Waals surface area contributed by atoms with E-state index < -0.39 is 10.0 Å². The standard InChI is InChI=1S/C17H25N3O4S/c1-3-4-5-9-20(13(2)21)10-8-18-25(23,24)15-6-7-16-14(11-15)12-17(22)19-16/h6-7,11,18H,3-5,8-10,12H2,1-2H3,(H,19,22). The molecular weight excluding hydrogens is 342 g/mol. The number of unbranched alkanes of at least 4 members (excludes halogenated alkanes) is 2. The van der Waals surface area contributed by atoms with E-state index in [1.54, 1.807) is 11.0 Å². The second-order valence-corrected chi connectivity index (χ2v) is 7.92. The molecule has 138 valence electrons. The molecule has 8 heteroatoms. The molecule has 2 N–H and O–H groups in total. The molecule has 0 unspecified atom stereocenters. The van der Waals surface area contributed by atoms with Gasteiger partial charge in [0.15, 0.2) is 0 Å². The number of rotatable bonds is 9. The molecule has 0 atom stereocenters. The van der Waals surface area contributed by atoms with Gasteiger partial charge in [0.1, 0.15) is 0 Å². The first kappa shape index (κ1) is 19.4. The van der Waals surface area contributed by atoms with Crippen molar-refractivity contribution in [1.82, 2.24) is 9.62 Å². The summed E-state index contributed by atoms with van der Waals surface area (Å²) in [5.74, 6) is -0.195. The van der Waals surface area contributed by atoms with Crippen LogP contribution in [-0.2, 0) is 26.0 Å². The molecule has 0 saturated heterocycles. The Morgan fingerprint density at radius 3 is 2.72 bits per heavy atom. The average Bonchev–Trinajstić information content (AvgIpc) is 2.92. The third kappa shape index (κ3) is 5.27. The number of amides is 2. The van der Waals surface area contributed by atoms with E-state index in [1.807, 2.05) is 0 Å². The molecule has 7 nitrogen and oxygen atoms in total. The third-order valence-electron chi connectivity index (χ3n) is 4.16. The summed E-state index contributed by atoms with van der Waals surface area (Å²) < 4.78 is 27.3. The SMILES string of the molecule is CCCCCN(CCNS(=O)(=O)c1ccc2c(c1)CC(=O)N2)C(C)=O. The Bertz CT molecular complexity index is 746. The van der Waals surface area contributed by atoms with Gasteiger partial charge in [0.05, 0.1) is 11.3 Å². The fourth-order valence-electron chi connectivity index (χ4n) is 2.75. The van der Waals surface area contributed by atoms with Crippen LogP contribution in [0.2, 0.25) is 0 Å². The van der Waals surface area contributed by atoms with Crippen LogP contribution < -0.4 is 10.0 Å². The number of carbonyl (C=O) groups excluding carboxylic acids is 2. The maximum Gasteiger partial charge on any atom is 0.240 e. The lowest BCUT2D eigenvalue weighted by Crippen LogP contribution is -2.38.